The molecule has 110 valence electrons. The Hall–Kier alpha value is -1.79. The van der Waals surface area contributed by atoms with Gasteiger partial charge in [0, 0.05) is 19.5 Å². The van der Waals surface area contributed by atoms with E-state index in [4.69, 9.17) is 10.2 Å². The number of nitrogens with one attached hydrogen (secondary N) is 1. The van der Waals surface area contributed by atoms with Gasteiger partial charge in [-0.3, -0.25) is 4.79 Å². The maximum Gasteiger partial charge on any atom is 0.326 e. The number of rotatable bonds is 8. The minimum absolute atomic E-state index is 0.0360. The highest BCUT2D eigenvalue weighted by molar-refractivity contribution is 5.83. The first kappa shape index (κ1) is 17.2. The molecule has 0 saturated carbocycles. The molecule has 0 aliphatic heterocycles. The summed E-state index contributed by atoms with van der Waals surface area (Å²) < 4.78 is 0. The number of amides is 2. The second-order valence-electron chi connectivity index (χ2n) is 4.35. The fourth-order valence-corrected chi connectivity index (χ4v) is 1.78. The van der Waals surface area contributed by atoms with Gasteiger partial charge < -0.3 is 20.4 Å². The molecule has 1 atom stereocenters. The molecule has 0 heterocycles. The van der Waals surface area contributed by atoms with Crippen LogP contribution in [0.1, 0.15) is 39.5 Å². The van der Waals surface area contributed by atoms with Crippen molar-refractivity contribution >= 4 is 18.0 Å². The molecule has 0 radical (unpaired) electrons. The van der Waals surface area contributed by atoms with Gasteiger partial charge in [0.05, 0.1) is 0 Å². The van der Waals surface area contributed by atoms with E-state index >= 15 is 0 Å². The summed E-state index contributed by atoms with van der Waals surface area (Å²) in [6.45, 7) is 3.88. The summed E-state index contributed by atoms with van der Waals surface area (Å²) in [6, 6.07) is -1.64. The number of carbonyl (C=O) groups is 3. The molecule has 0 rings (SSSR count). The fraction of sp³-hybridized carbons (Fsp3) is 0.750. The number of hydrogen-bond donors (Lipinski definition) is 3. The van der Waals surface area contributed by atoms with Gasteiger partial charge in [-0.25, -0.2) is 9.59 Å². The number of carboxylic acids is 2. The quantitative estimate of drug-likeness (QED) is 0.615. The first-order chi connectivity index (χ1) is 8.83. The minimum atomic E-state index is -1.23. The first-order valence-corrected chi connectivity index (χ1v) is 6.31. The summed E-state index contributed by atoms with van der Waals surface area (Å²) in [5, 5.41) is 19.8. The van der Waals surface area contributed by atoms with Crippen LogP contribution in [-0.4, -0.2) is 52.2 Å². The third-order valence-electron chi connectivity index (χ3n) is 3.05. The molecule has 0 saturated heterocycles. The van der Waals surface area contributed by atoms with Gasteiger partial charge in [-0.1, -0.05) is 13.8 Å². The van der Waals surface area contributed by atoms with Crippen molar-refractivity contribution in [1.29, 1.82) is 0 Å². The van der Waals surface area contributed by atoms with Gasteiger partial charge in [-0.2, -0.15) is 0 Å². The lowest BCUT2D eigenvalue weighted by atomic mass is 10.1. The molecule has 0 spiro atoms. The Morgan fingerprint density at radius 1 is 1.16 bits per heavy atom. The van der Waals surface area contributed by atoms with Crippen LogP contribution in [0.5, 0.6) is 0 Å². The fourth-order valence-electron chi connectivity index (χ4n) is 1.78. The van der Waals surface area contributed by atoms with Gasteiger partial charge in [-0.15, -0.1) is 0 Å². The Labute approximate surface area is 112 Å². The zero-order valence-electron chi connectivity index (χ0n) is 11.5. The molecule has 0 bridgehead atoms. The maximum absolute atomic E-state index is 11.9. The molecular weight excluding hydrogens is 252 g/mol. The van der Waals surface area contributed by atoms with E-state index < -0.39 is 24.0 Å². The summed E-state index contributed by atoms with van der Waals surface area (Å²) >= 11 is 0. The molecule has 7 heteroatoms. The Balaban J connectivity index is 4.53. The van der Waals surface area contributed by atoms with Gasteiger partial charge in [0.1, 0.15) is 6.04 Å². The van der Waals surface area contributed by atoms with E-state index in [9.17, 15) is 14.4 Å². The number of nitrogens with zero attached hydrogens (tertiary/aromatic N) is 1. The van der Waals surface area contributed by atoms with E-state index in [2.05, 4.69) is 5.32 Å². The lowest BCUT2D eigenvalue weighted by Crippen LogP contribution is -2.49. The largest absolute Gasteiger partial charge is 0.481 e. The van der Waals surface area contributed by atoms with Crippen molar-refractivity contribution in [3.05, 3.63) is 0 Å². The normalized spacial score (nSPS) is 12.0. The molecule has 0 fully saturated rings. The number of carbonyl (C=O) groups excluding carboxylic acids is 1. The van der Waals surface area contributed by atoms with Crippen LogP contribution in [0.4, 0.5) is 4.79 Å². The second-order valence-corrected chi connectivity index (χ2v) is 4.35. The summed E-state index contributed by atoms with van der Waals surface area (Å²) in [4.78, 5) is 34.7. The zero-order chi connectivity index (χ0) is 15.0. The van der Waals surface area contributed by atoms with Crippen LogP contribution < -0.4 is 5.32 Å². The van der Waals surface area contributed by atoms with E-state index in [1.54, 1.807) is 7.05 Å². The number of urea groups is 1. The predicted octanol–water partition coefficient (Wildman–Crippen LogP) is 1.13. The average Bonchev–Trinajstić information content (AvgIpc) is 2.34. The number of hydrogen-bond acceptors (Lipinski definition) is 3. The highest BCUT2D eigenvalue weighted by Gasteiger charge is 2.24. The maximum atomic E-state index is 11.9. The van der Waals surface area contributed by atoms with Gasteiger partial charge in [0.25, 0.3) is 0 Å². The Morgan fingerprint density at radius 3 is 2.05 bits per heavy atom. The van der Waals surface area contributed by atoms with Crippen LogP contribution in [-0.2, 0) is 9.59 Å². The van der Waals surface area contributed by atoms with Crippen molar-refractivity contribution in [2.75, 3.05) is 7.05 Å². The summed E-state index contributed by atoms with van der Waals surface area (Å²) in [6.07, 6.45) is 1.11. The van der Waals surface area contributed by atoms with Crippen molar-refractivity contribution in [1.82, 2.24) is 10.2 Å². The third-order valence-corrected chi connectivity index (χ3v) is 3.05. The van der Waals surface area contributed by atoms with Crippen molar-refractivity contribution in [2.24, 2.45) is 0 Å². The van der Waals surface area contributed by atoms with Gasteiger partial charge >= 0.3 is 18.0 Å². The lowest BCUT2D eigenvalue weighted by Gasteiger charge is -2.27. The van der Waals surface area contributed by atoms with Crippen LogP contribution in [0.25, 0.3) is 0 Å². The van der Waals surface area contributed by atoms with Crippen molar-refractivity contribution < 1.29 is 24.6 Å². The van der Waals surface area contributed by atoms with Crippen molar-refractivity contribution in [2.45, 2.75) is 51.6 Å². The summed E-state index contributed by atoms with van der Waals surface area (Å²) in [5.74, 6) is -2.32. The van der Waals surface area contributed by atoms with Crippen LogP contribution >= 0.6 is 0 Å². The number of carboxylic acid groups (broad SMARTS) is 2. The predicted molar refractivity (Wildman–Crippen MR) is 69.0 cm³/mol. The number of aliphatic carboxylic acids is 2. The van der Waals surface area contributed by atoms with Crippen LogP contribution in [0.2, 0.25) is 0 Å². The molecule has 0 aromatic rings. The average molecular weight is 274 g/mol. The Kier molecular flexibility index (Phi) is 7.55. The van der Waals surface area contributed by atoms with Crippen molar-refractivity contribution in [3.63, 3.8) is 0 Å². The lowest BCUT2D eigenvalue weighted by molar-refractivity contribution is -0.140. The highest BCUT2D eigenvalue weighted by Crippen LogP contribution is 2.07. The van der Waals surface area contributed by atoms with Crippen LogP contribution in [0.3, 0.4) is 0 Å². The van der Waals surface area contributed by atoms with E-state index in [-0.39, 0.29) is 18.9 Å². The third kappa shape index (κ3) is 6.08. The van der Waals surface area contributed by atoms with Gasteiger partial charge in [0.2, 0.25) is 0 Å². The smallest absolute Gasteiger partial charge is 0.326 e. The molecule has 3 N–H and O–H groups in total. The molecule has 0 aliphatic rings. The van der Waals surface area contributed by atoms with Crippen molar-refractivity contribution in [3.8, 4) is 0 Å². The van der Waals surface area contributed by atoms with Crippen LogP contribution in [0.15, 0.2) is 0 Å². The topological polar surface area (TPSA) is 107 Å². The summed E-state index contributed by atoms with van der Waals surface area (Å²) in [5.41, 5.74) is 0. The second kappa shape index (κ2) is 8.34. The van der Waals surface area contributed by atoms with E-state index in [1.165, 1.54) is 4.90 Å². The highest BCUT2D eigenvalue weighted by atomic mass is 16.4. The van der Waals surface area contributed by atoms with Crippen LogP contribution in [0, 0.1) is 0 Å². The molecule has 2 amide bonds. The summed E-state index contributed by atoms with van der Waals surface area (Å²) in [7, 11) is 1.60. The van der Waals surface area contributed by atoms with Gasteiger partial charge in [-0.05, 0) is 19.3 Å². The molecule has 1 unspecified atom stereocenters. The molecule has 0 aromatic carbocycles. The van der Waals surface area contributed by atoms with E-state index in [0.29, 0.717) is 0 Å². The Bertz CT molecular complexity index is 328. The monoisotopic (exact) mass is 274 g/mol. The SMILES string of the molecule is CCC(CC)N(C)C(=O)NC(CCC(=O)O)C(=O)O. The first-order valence-electron chi connectivity index (χ1n) is 6.31. The standard InChI is InChI=1S/C12H22N2O5/c1-4-8(5-2)14(3)12(19)13-9(11(17)18)6-7-10(15)16/h8-9H,4-7H2,1-3H3,(H,13,19)(H,15,16)(H,17,18). The zero-order valence-corrected chi connectivity index (χ0v) is 11.5. The molecule has 7 nitrogen and oxygen atoms in total. The van der Waals surface area contributed by atoms with Gasteiger partial charge in [0.15, 0.2) is 0 Å². The Morgan fingerprint density at radius 2 is 1.68 bits per heavy atom. The molecule has 0 aromatic heterocycles. The minimum Gasteiger partial charge on any atom is -0.481 e. The molecular formula is C12H22N2O5. The molecule has 19 heavy (non-hydrogen) atoms. The van der Waals surface area contributed by atoms with E-state index in [0.717, 1.165) is 12.8 Å². The molecule has 0 aliphatic carbocycles. The van der Waals surface area contributed by atoms with E-state index in [1.807, 2.05) is 13.8 Å².